The number of rotatable bonds is 3. The van der Waals surface area contributed by atoms with Crippen LogP contribution in [0, 0.1) is 0 Å². The maximum atomic E-state index is 12.5. The molecule has 110 valence electrons. The SMILES string of the molecule is CCc1cc(C(=O)N2CCC(C)(O)CC2)cc(NN)n1. The highest BCUT2D eigenvalue weighted by Gasteiger charge is 2.30. The molecule has 0 atom stereocenters. The fourth-order valence-electron chi connectivity index (χ4n) is 2.34. The number of hydrogen-bond donors (Lipinski definition) is 3. The van der Waals surface area contributed by atoms with E-state index >= 15 is 0 Å². The zero-order valence-corrected chi connectivity index (χ0v) is 12.0. The Balaban J connectivity index is 2.17. The predicted octanol–water partition coefficient (Wildman–Crippen LogP) is 0.917. The fraction of sp³-hybridized carbons (Fsp3) is 0.571. The number of pyridine rings is 1. The number of aliphatic hydroxyl groups is 1. The van der Waals surface area contributed by atoms with E-state index in [4.69, 9.17) is 5.84 Å². The van der Waals surface area contributed by atoms with Gasteiger partial charge in [0.25, 0.3) is 5.91 Å². The molecule has 0 spiro atoms. The third-order valence-corrected chi connectivity index (χ3v) is 3.76. The van der Waals surface area contributed by atoms with Crippen molar-refractivity contribution >= 4 is 11.7 Å². The van der Waals surface area contributed by atoms with E-state index in [1.807, 2.05) is 13.8 Å². The highest BCUT2D eigenvalue weighted by atomic mass is 16.3. The van der Waals surface area contributed by atoms with Gasteiger partial charge in [0.1, 0.15) is 5.82 Å². The van der Waals surface area contributed by atoms with Gasteiger partial charge in [-0.05, 0) is 38.3 Å². The molecule has 6 nitrogen and oxygen atoms in total. The van der Waals surface area contributed by atoms with Gasteiger partial charge in [-0.15, -0.1) is 0 Å². The Hall–Kier alpha value is -1.66. The standard InChI is InChI=1S/C14H22N4O2/c1-3-11-8-10(9-12(16-11)17-15)13(19)18-6-4-14(2,20)5-7-18/h8-9,20H,3-7,15H2,1-2H3,(H,16,17). The van der Waals surface area contributed by atoms with E-state index in [0.29, 0.717) is 37.3 Å². The quantitative estimate of drug-likeness (QED) is 0.565. The number of hydrogen-bond acceptors (Lipinski definition) is 5. The second-order valence-electron chi connectivity index (χ2n) is 5.52. The summed E-state index contributed by atoms with van der Waals surface area (Å²) in [6.07, 6.45) is 1.95. The molecule has 1 aliphatic heterocycles. The second-order valence-corrected chi connectivity index (χ2v) is 5.52. The zero-order chi connectivity index (χ0) is 14.8. The van der Waals surface area contributed by atoms with E-state index in [2.05, 4.69) is 10.4 Å². The minimum atomic E-state index is -0.659. The van der Waals surface area contributed by atoms with Gasteiger partial charge in [-0.2, -0.15) is 0 Å². The van der Waals surface area contributed by atoms with Crippen molar-refractivity contribution < 1.29 is 9.90 Å². The van der Waals surface area contributed by atoms with Crippen LogP contribution in [0.2, 0.25) is 0 Å². The molecule has 2 rings (SSSR count). The molecule has 1 aromatic heterocycles. The first-order valence-corrected chi connectivity index (χ1v) is 6.94. The summed E-state index contributed by atoms with van der Waals surface area (Å²) in [5.41, 5.74) is 3.25. The first kappa shape index (κ1) is 14.7. The molecular weight excluding hydrogens is 256 g/mol. The highest BCUT2D eigenvalue weighted by molar-refractivity contribution is 5.95. The fourth-order valence-corrected chi connectivity index (χ4v) is 2.34. The van der Waals surface area contributed by atoms with Crippen molar-refractivity contribution in [3.8, 4) is 0 Å². The van der Waals surface area contributed by atoms with Crippen LogP contribution in [0.15, 0.2) is 12.1 Å². The Labute approximate surface area is 119 Å². The topological polar surface area (TPSA) is 91.5 Å². The van der Waals surface area contributed by atoms with E-state index < -0.39 is 5.60 Å². The van der Waals surface area contributed by atoms with Gasteiger partial charge in [0.05, 0.1) is 5.60 Å². The average molecular weight is 278 g/mol. The number of carbonyl (C=O) groups is 1. The van der Waals surface area contributed by atoms with Crippen molar-refractivity contribution in [3.05, 3.63) is 23.4 Å². The van der Waals surface area contributed by atoms with Gasteiger partial charge in [0.15, 0.2) is 0 Å². The lowest BCUT2D eigenvalue weighted by Gasteiger charge is -2.35. The molecule has 0 aliphatic carbocycles. The normalized spacial score (nSPS) is 17.9. The van der Waals surface area contributed by atoms with Gasteiger partial charge in [0.2, 0.25) is 0 Å². The average Bonchev–Trinajstić information content (AvgIpc) is 2.46. The lowest BCUT2D eigenvalue weighted by molar-refractivity contribution is -0.00203. The minimum absolute atomic E-state index is 0.0332. The number of nitrogens with two attached hydrogens (primary N) is 1. The Morgan fingerprint density at radius 1 is 1.50 bits per heavy atom. The second kappa shape index (κ2) is 5.76. The van der Waals surface area contributed by atoms with Crippen LogP contribution in [0.1, 0.15) is 42.7 Å². The maximum absolute atomic E-state index is 12.5. The number of nitrogens with zero attached hydrogens (tertiary/aromatic N) is 2. The summed E-state index contributed by atoms with van der Waals surface area (Å²) >= 11 is 0. The molecule has 0 unspecified atom stereocenters. The molecule has 4 N–H and O–H groups in total. The van der Waals surface area contributed by atoms with Crippen molar-refractivity contribution in [2.24, 2.45) is 5.84 Å². The lowest BCUT2D eigenvalue weighted by Crippen LogP contribution is -2.45. The Morgan fingerprint density at radius 2 is 2.15 bits per heavy atom. The summed E-state index contributed by atoms with van der Waals surface area (Å²) in [6.45, 7) is 4.93. The van der Waals surface area contributed by atoms with E-state index in [0.717, 1.165) is 12.1 Å². The number of nitrogens with one attached hydrogen (secondary N) is 1. The lowest BCUT2D eigenvalue weighted by atomic mass is 9.93. The Kier molecular flexibility index (Phi) is 4.25. The number of amides is 1. The van der Waals surface area contributed by atoms with Crippen LogP contribution in [-0.2, 0) is 6.42 Å². The monoisotopic (exact) mass is 278 g/mol. The first-order valence-electron chi connectivity index (χ1n) is 6.94. The number of nitrogen functional groups attached to an aromatic ring is 1. The van der Waals surface area contributed by atoms with E-state index in [9.17, 15) is 9.90 Å². The molecule has 1 fully saturated rings. The van der Waals surface area contributed by atoms with E-state index in [-0.39, 0.29) is 5.91 Å². The summed E-state index contributed by atoms with van der Waals surface area (Å²) < 4.78 is 0. The molecule has 2 heterocycles. The zero-order valence-electron chi connectivity index (χ0n) is 12.0. The summed E-state index contributed by atoms with van der Waals surface area (Å²) in [7, 11) is 0. The van der Waals surface area contributed by atoms with Gasteiger partial charge >= 0.3 is 0 Å². The van der Waals surface area contributed by atoms with Crippen molar-refractivity contribution in [3.63, 3.8) is 0 Å². The van der Waals surface area contributed by atoms with Crippen molar-refractivity contribution in [2.45, 2.75) is 38.7 Å². The van der Waals surface area contributed by atoms with Gasteiger partial charge < -0.3 is 15.4 Å². The molecular formula is C14H22N4O2. The Morgan fingerprint density at radius 3 is 2.70 bits per heavy atom. The van der Waals surface area contributed by atoms with Crippen LogP contribution in [0.25, 0.3) is 0 Å². The Bertz CT molecular complexity index is 470. The van der Waals surface area contributed by atoms with Crippen molar-refractivity contribution in [2.75, 3.05) is 18.5 Å². The summed E-state index contributed by atoms with van der Waals surface area (Å²) in [5, 5.41) is 9.93. The number of piperidine rings is 1. The van der Waals surface area contributed by atoms with Crippen LogP contribution in [-0.4, -0.2) is 39.6 Å². The predicted molar refractivity (Wildman–Crippen MR) is 77.2 cm³/mol. The minimum Gasteiger partial charge on any atom is -0.390 e. The molecule has 1 saturated heterocycles. The smallest absolute Gasteiger partial charge is 0.254 e. The molecule has 0 bridgehead atoms. The van der Waals surface area contributed by atoms with Crippen LogP contribution < -0.4 is 11.3 Å². The number of aromatic nitrogens is 1. The summed E-state index contributed by atoms with van der Waals surface area (Å²) in [5.74, 6) is 5.85. The van der Waals surface area contributed by atoms with Crippen molar-refractivity contribution in [1.82, 2.24) is 9.88 Å². The largest absolute Gasteiger partial charge is 0.390 e. The van der Waals surface area contributed by atoms with Crippen LogP contribution in [0.5, 0.6) is 0 Å². The van der Waals surface area contributed by atoms with Gasteiger partial charge in [-0.1, -0.05) is 6.92 Å². The van der Waals surface area contributed by atoms with Gasteiger partial charge in [-0.3, -0.25) is 4.79 Å². The molecule has 1 aliphatic rings. The molecule has 0 saturated carbocycles. The molecule has 6 heteroatoms. The summed E-state index contributed by atoms with van der Waals surface area (Å²) in [6, 6.07) is 3.46. The van der Waals surface area contributed by atoms with Crippen LogP contribution in [0.3, 0.4) is 0 Å². The first-order chi connectivity index (χ1) is 9.45. The number of aryl methyl sites for hydroxylation is 1. The molecule has 0 radical (unpaired) electrons. The van der Waals surface area contributed by atoms with Crippen LogP contribution >= 0.6 is 0 Å². The third-order valence-electron chi connectivity index (χ3n) is 3.76. The maximum Gasteiger partial charge on any atom is 0.254 e. The van der Waals surface area contributed by atoms with Crippen molar-refractivity contribution in [1.29, 1.82) is 0 Å². The number of likely N-dealkylation sites (tertiary alicyclic amines) is 1. The molecule has 1 aromatic rings. The number of carbonyl (C=O) groups excluding carboxylic acids is 1. The molecule has 0 aromatic carbocycles. The highest BCUT2D eigenvalue weighted by Crippen LogP contribution is 2.23. The van der Waals surface area contributed by atoms with E-state index in [1.165, 1.54) is 0 Å². The van der Waals surface area contributed by atoms with Gasteiger partial charge in [0, 0.05) is 24.3 Å². The molecule has 1 amide bonds. The third kappa shape index (κ3) is 3.26. The van der Waals surface area contributed by atoms with E-state index in [1.54, 1.807) is 17.0 Å². The molecule has 20 heavy (non-hydrogen) atoms. The summed E-state index contributed by atoms with van der Waals surface area (Å²) in [4.78, 5) is 18.5. The van der Waals surface area contributed by atoms with Gasteiger partial charge in [-0.25, -0.2) is 10.8 Å². The number of hydrazine groups is 1. The van der Waals surface area contributed by atoms with Crippen LogP contribution in [0.4, 0.5) is 5.82 Å². The number of anilines is 1.